The number of amides is 1. The number of imidazole rings is 1. The number of aromatic amines is 1. The molecule has 0 radical (unpaired) electrons. The van der Waals surface area contributed by atoms with Gasteiger partial charge in [-0.15, -0.1) is 0 Å². The van der Waals surface area contributed by atoms with Gasteiger partial charge >= 0.3 is 0 Å². The van der Waals surface area contributed by atoms with E-state index in [9.17, 15) is 4.79 Å². The highest BCUT2D eigenvalue weighted by molar-refractivity contribution is 6.44. The largest absolute Gasteiger partial charge is 0.334 e. The van der Waals surface area contributed by atoms with Crippen molar-refractivity contribution in [1.29, 1.82) is 0 Å². The Hall–Kier alpha value is -2.11. The summed E-state index contributed by atoms with van der Waals surface area (Å²) in [5.74, 6) is 0.0402. The van der Waals surface area contributed by atoms with Crippen molar-refractivity contribution in [2.24, 2.45) is 4.99 Å². The fourth-order valence-electron chi connectivity index (χ4n) is 2.58. The molecule has 0 unspecified atom stereocenters. The Morgan fingerprint density at radius 1 is 1.43 bits per heavy atom. The number of hydrogen-bond donors (Lipinski definition) is 1. The summed E-state index contributed by atoms with van der Waals surface area (Å²) in [4.78, 5) is 25.6. The highest BCUT2D eigenvalue weighted by atomic mass is 35.5. The van der Waals surface area contributed by atoms with Gasteiger partial charge in [0.15, 0.2) is 5.82 Å². The zero-order valence-electron chi connectivity index (χ0n) is 12.3. The summed E-state index contributed by atoms with van der Waals surface area (Å²) in [6.07, 6.45) is 2.35. The minimum Gasteiger partial charge on any atom is -0.334 e. The Morgan fingerprint density at radius 3 is 2.91 bits per heavy atom. The smallest absolute Gasteiger partial charge is 0.289 e. The van der Waals surface area contributed by atoms with Gasteiger partial charge in [0.05, 0.1) is 15.6 Å². The first kappa shape index (κ1) is 15.8. The molecular weight excluding hydrogens is 335 g/mol. The quantitative estimate of drug-likeness (QED) is 0.856. The second kappa shape index (κ2) is 6.18. The van der Waals surface area contributed by atoms with E-state index in [0.29, 0.717) is 40.6 Å². The summed E-state index contributed by atoms with van der Waals surface area (Å²) in [5, 5.41) is 0.740. The predicted molar refractivity (Wildman–Crippen MR) is 93.4 cm³/mol. The standard InChI is InChI=1S/C16H14Cl2N4O/c1-3-9-8-22(7-6-11(9)19-2)16(23)15-20-12-5-4-10(17)13(18)14(12)21-15/h3-5H,1-2,6-8H2,(H,20,21). The van der Waals surface area contributed by atoms with Crippen LogP contribution in [0.5, 0.6) is 0 Å². The van der Waals surface area contributed by atoms with E-state index >= 15 is 0 Å². The van der Waals surface area contributed by atoms with E-state index in [-0.39, 0.29) is 11.7 Å². The lowest BCUT2D eigenvalue weighted by atomic mass is 10.1. The molecule has 5 nitrogen and oxygen atoms in total. The first-order chi connectivity index (χ1) is 11.0. The van der Waals surface area contributed by atoms with Gasteiger partial charge in [0, 0.05) is 25.2 Å². The van der Waals surface area contributed by atoms with E-state index in [1.165, 1.54) is 0 Å². The number of nitrogens with one attached hydrogen (secondary N) is 1. The topological polar surface area (TPSA) is 61.4 Å². The van der Waals surface area contributed by atoms with Crippen molar-refractivity contribution in [3.63, 3.8) is 0 Å². The van der Waals surface area contributed by atoms with Gasteiger partial charge in [-0.1, -0.05) is 35.9 Å². The van der Waals surface area contributed by atoms with Crippen LogP contribution in [0.3, 0.4) is 0 Å². The van der Waals surface area contributed by atoms with Gasteiger partial charge in [0.25, 0.3) is 5.91 Å². The summed E-state index contributed by atoms with van der Waals surface area (Å²) >= 11 is 12.1. The molecule has 0 spiro atoms. The van der Waals surface area contributed by atoms with Crippen LogP contribution in [0.2, 0.25) is 10.0 Å². The first-order valence-corrected chi connectivity index (χ1v) is 7.75. The maximum Gasteiger partial charge on any atom is 0.289 e. The molecule has 1 aliphatic heterocycles. The summed E-state index contributed by atoms with van der Waals surface area (Å²) in [6, 6.07) is 3.42. The van der Waals surface area contributed by atoms with Gasteiger partial charge < -0.3 is 9.88 Å². The number of halogens is 2. The van der Waals surface area contributed by atoms with Gasteiger partial charge in [-0.2, -0.15) is 0 Å². The van der Waals surface area contributed by atoms with Crippen molar-refractivity contribution in [2.45, 2.75) is 6.42 Å². The molecule has 0 saturated carbocycles. The fourth-order valence-corrected chi connectivity index (χ4v) is 2.94. The van der Waals surface area contributed by atoms with Crippen molar-refractivity contribution in [1.82, 2.24) is 14.9 Å². The molecule has 23 heavy (non-hydrogen) atoms. The number of aromatic nitrogens is 2. The SMILES string of the molecule is C=CC1=C(N=C)CCN(C(=O)c2nc3c(Cl)c(Cl)ccc3[nH]2)C1. The highest BCUT2D eigenvalue weighted by Gasteiger charge is 2.25. The van der Waals surface area contributed by atoms with Crippen LogP contribution in [-0.4, -0.2) is 40.6 Å². The maximum atomic E-state index is 12.7. The Kier molecular flexibility index (Phi) is 4.24. The summed E-state index contributed by atoms with van der Waals surface area (Å²) in [5.41, 5.74) is 2.94. The van der Waals surface area contributed by atoms with Gasteiger partial charge in [-0.25, -0.2) is 4.98 Å². The number of carbonyl (C=O) groups is 1. The molecule has 1 amide bonds. The van der Waals surface area contributed by atoms with E-state index in [2.05, 4.69) is 28.3 Å². The van der Waals surface area contributed by atoms with Crippen LogP contribution < -0.4 is 0 Å². The Labute approximate surface area is 143 Å². The van der Waals surface area contributed by atoms with E-state index < -0.39 is 0 Å². The number of fused-ring (bicyclic) bond motifs is 1. The normalized spacial score (nSPS) is 15.1. The first-order valence-electron chi connectivity index (χ1n) is 6.99. The Morgan fingerprint density at radius 2 is 2.22 bits per heavy atom. The van der Waals surface area contributed by atoms with Crippen LogP contribution in [0.1, 0.15) is 17.0 Å². The molecule has 0 aliphatic carbocycles. The monoisotopic (exact) mass is 348 g/mol. The average Bonchev–Trinajstić information content (AvgIpc) is 3.02. The van der Waals surface area contributed by atoms with Crippen molar-refractivity contribution in [2.75, 3.05) is 13.1 Å². The lowest BCUT2D eigenvalue weighted by Gasteiger charge is -2.27. The van der Waals surface area contributed by atoms with E-state index in [4.69, 9.17) is 23.2 Å². The number of hydrogen-bond acceptors (Lipinski definition) is 3. The number of nitrogens with zero attached hydrogens (tertiary/aromatic N) is 3. The van der Waals surface area contributed by atoms with E-state index in [0.717, 1.165) is 11.3 Å². The molecule has 1 aliphatic rings. The highest BCUT2D eigenvalue weighted by Crippen LogP contribution is 2.29. The third-order valence-corrected chi connectivity index (χ3v) is 4.62. The minimum absolute atomic E-state index is 0.198. The number of rotatable bonds is 3. The predicted octanol–water partition coefficient (Wildman–Crippen LogP) is 3.86. The molecule has 7 heteroatoms. The molecule has 1 aromatic carbocycles. The Balaban J connectivity index is 1.92. The van der Waals surface area contributed by atoms with Gasteiger partial charge in [0.1, 0.15) is 5.52 Å². The van der Waals surface area contributed by atoms with Crippen molar-refractivity contribution in [3.8, 4) is 0 Å². The maximum absolute atomic E-state index is 12.7. The van der Waals surface area contributed by atoms with Crippen LogP contribution in [0.4, 0.5) is 0 Å². The Bertz CT molecular complexity index is 853. The molecule has 0 bridgehead atoms. The zero-order chi connectivity index (χ0) is 16.6. The van der Waals surface area contributed by atoms with Crippen LogP contribution in [-0.2, 0) is 0 Å². The molecular formula is C16H14Cl2N4O. The lowest BCUT2D eigenvalue weighted by molar-refractivity contribution is 0.0754. The zero-order valence-corrected chi connectivity index (χ0v) is 13.8. The van der Waals surface area contributed by atoms with Crippen molar-refractivity contribution in [3.05, 3.63) is 51.9 Å². The van der Waals surface area contributed by atoms with Crippen LogP contribution >= 0.6 is 23.2 Å². The molecule has 0 saturated heterocycles. The number of aliphatic imine (C=N–C) groups is 1. The molecule has 1 aromatic heterocycles. The summed E-state index contributed by atoms with van der Waals surface area (Å²) in [7, 11) is 0. The van der Waals surface area contributed by atoms with E-state index in [1.807, 2.05) is 0 Å². The lowest BCUT2D eigenvalue weighted by Crippen LogP contribution is -2.37. The van der Waals surface area contributed by atoms with Gasteiger partial charge in [-0.3, -0.25) is 9.79 Å². The van der Waals surface area contributed by atoms with Crippen LogP contribution in [0, 0.1) is 0 Å². The summed E-state index contributed by atoms with van der Waals surface area (Å²) < 4.78 is 0. The fraction of sp³-hybridized carbons (Fsp3) is 0.188. The molecule has 2 aromatic rings. The molecule has 1 N–H and O–H groups in total. The number of carbonyl (C=O) groups excluding carboxylic acids is 1. The third kappa shape index (κ3) is 2.78. The summed E-state index contributed by atoms with van der Waals surface area (Å²) in [6.45, 7) is 8.30. The molecule has 3 rings (SSSR count). The van der Waals surface area contributed by atoms with Crippen molar-refractivity contribution < 1.29 is 4.79 Å². The van der Waals surface area contributed by atoms with Crippen molar-refractivity contribution >= 4 is 46.9 Å². The molecule has 2 heterocycles. The van der Waals surface area contributed by atoms with Gasteiger partial charge in [0.2, 0.25) is 0 Å². The van der Waals surface area contributed by atoms with Gasteiger partial charge in [-0.05, 0) is 24.4 Å². The third-order valence-electron chi connectivity index (χ3n) is 3.82. The second-order valence-corrected chi connectivity index (χ2v) is 5.94. The molecule has 118 valence electrons. The molecule has 0 fully saturated rings. The average molecular weight is 349 g/mol. The van der Waals surface area contributed by atoms with Crippen LogP contribution in [0.25, 0.3) is 11.0 Å². The van der Waals surface area contributed by atoms with E-state index in [1.54, 1.807) is 23.1 Å². The van der Waals surface area contributed by atoms with Crippen LogP contribution in [0.15, 0.2) is 41.1 Å². The minimum atomic E-state index is -0.198. The second-order valence-electron chi connectivity index (χ2n) is 5.15. The molecule has 0 atom stereocenters. The number of H-pyrrole nitrogens is 1. The number of benzene rings is 1.